The summed E-state index contributed by atoms with van der Waals surface area (Å²) in [5.74, 6) is 0.416. The van der Waals surface area contributed by atoms with Crippen molar-refractivity contribution in [1.29, 1.82) is 0 Å². The fraction of sp³-hybridized carbons (Fsp3) is 0.737. The molecular weight excluding hydrogens is 478 g/mol. The van der Waals surface area contributed by atoms with E-state index in [4.69, 9.17) is 0 Å². The lowest BCUT2D eigenvalue weighted by atomic mass is 9.79. The van der Waals surface area contributed by atoms with Gasteiger partial charge in [-0.15, -0.1) is 24.8 Å². The third kappa shape index (κ3) is 10.7. The van der Waals surface area contributed by atoms with Crippen molar-refractivity contribution >= 4 is 34.8 Å². The molecule has 0 saturated heterocycles. The standard InChI is InChI=1S/C19H30F3N3O3S.2ClH/c1-18(2,11-13-7-9-14(10-8-13)25-29(3,27)28)23-12-16(26)15-5-4-6-17(24-15)19(20,21)22;;/h4-6,13-14,16,23,25-26H,7-12H2,1-3H3;2*1H/t13?,14?,16-;;/m0../s1. The van der Waals surface area contributed by atoms with Gasteiger partial charge in [-0.1, -0.05) is 6.07 Å². The summed E-state index contributed by atoms with van der Waals surface area (Å²) in [6, 6.07) is 3.47. The molecule has 1 aliphatic rings. The molecule has 1 aromatic rings. The maximum absolute atomic E-state index is 12.8. The van der Waals surface area contributed by atoms with Gasteiger partial charge in [0.1, 0.15) is 11.8 Å². The average molecular weight is 510 g/mol. The topological polar surface area (TPSA) is 91.3 Å². The molecule has 0 aliphatic heterocycles. The Morgan fingerprint density at radius 2 is 1.74 bits per heavy atom. The lowest BCUT2D eigenvalue weighted by molar-refractivity contribution is -0.141. The number of pyridine rings is 1. The number of aliphatic hydroxyl groups excluding tert-OH is 1. The number of sulfonamides is 1. The van der Waals surface area contributed by atoms with Gasteiger partial charge in [0.25, 0.3) is 0 Å². The molecule has 31 heavy (non-hydrogen) atoms. The molecule has 1 atom stereocenters. The van der Waals surface area contributed by atoms with Gasteiger partial charge in [-0.25, -0.2) is 18.1 Å². The summed E-state index contributed by atoms with van der Waals surface area (Å²) in [6.07, 6.45) is -0.349. The van der Waals surface area contributed by atoms with E-state index in [0.717, 1.165) is 44.4 Å². The predicted molar refractivity (Wildman–Crippen MR) is 119 cm³/mol. The van der Waals surface area contributed by atoms with Gasteiger partial charge in [0.2, 0.25) is 10.0 Å². The molecule has 3 N–H and O–H groups in total. The van der Waals surface area contributed by atoms with Crippen LogP contribution in [0.1, 0.15) is 63.4 Å². The fourth-order valence-corrected chi connectivity index (χ4v) is 4.69. The molecule has 0 amide bonds. The molecule has 6 nitrogen and oxygen atoms in total. The summed E-state index contributed by atoms with van der Waals surface area (Å²) in [6.45, 7) is 4.06. The van der Waals surface area contributed by atoms with Crippen LogP contribution in [0.5, 0.6) is 0 Å². The zero-order valence-electron chi connectivity index (χ0n) is 17.8. The Bertz CT molecular complexity index is 787. The highest BCUT2D eigenvalue weighted by Gasteiger charge is 2.33. The summed E-state index contributed by atoms with van der Waals surface area (Å²) < 4.78 is 63.7. The molecule has 0 spiro atoms. The van der Waals surface area contributed by atoms with E-state index in [1.54, 1.807) is 0 Å². The Morgan fingerprint density at radius 1 is 1.16 bits per heavy atom. The van der Waals surface area contributed by atoms with E-state index in [9.17, 15) is 26.7 Å². The van der Waals surface area contributed by atoms with Gasteiger partial charge in [0.05, 0.1) is 11.9 Å². The first kappa shape index (κ1) is 30.4. The second-order valence-corrected chi connectivity index (χ2v) is 10.3. The number of hydrogen-bond donors (Lipinski definition) is 3. The Balaban J connectivity index is 0.00000450. The normalized spacial score (nSPS) is 21.0. The van der Waals surface area contributed by atoms with E-state index in [2.05, 4.69) is 15.0 Å². The largest absolute Gasteiger partial charge is 0.433 e. The molecule has 1 heterocycles. The van der Waals surface area contributed by atoms with Crippen molar-refractivity contribution < 1.29 is 26.7 Å². The number of hydrogen-bond acceptors (Lipinski definition) is 5. The summed E-state index contributed by atoms with van der Waals surface area (Å²) in [5.41, 5.74) is -1.37. The van der Waals surface area contributed by atoms with Crippen LogP contribution in [0.4, 0.5) is 13.2 Å². The number of aliphatic hydroxyl groups is 1. The lowest BCUT2D eigenvalue weighted by Gasteiger charge is -2.35. The monoisotopic (exact) mass is 509 g/mol. The summed E-state index contributed by atoms with van der Waals surface area (Å²) in [4.78, 5) is 3.53. The molecule has 0 radical (unpaired) electrons. The van der Waals surface area contributed by atoms with Crippen molar-refractivity contribution in [2.45, 2.75) is 69.8 Å². The van der Waals surface area contributed by atoms with Gasteiger partial charge in [-0.2, -0.15) is 13.2 Å². The van der Waals surface area contributed by atoms with Crippen molar-refractivity contribution in [3.8, 4) is 0 Å². The average Bonchev–Trinajstić information content (AvgIpc) is 2.59. The van der Waals surface area contributed by atoms with E-state index < -0.39 is 28.0 Å². The molecule has 1 fully saturated rings. The van der Waals surface area contributed by atoms with Crippen LogP contribution in [0.2, 0.25) is 0 Å². The Morgan fingerprint density at radius 3 is 2.26 bits per heavy atom. The van der Waals surface area contributed by atoms with Crippen LogP contribution in [0, 0.1) is 5.92 Å². The second-order valence-electron chi connectivity index (χ2n) is 8.54. The van der Waals surface area contributed by atoms with E-state index >= 15 is 0 Å². The summed E-state index contributed by atoms with van der Waals surface area (Å²) in [5, 5.41) is 13.5. The molecule has 1 aliphatic carbocycles. The number of nitrogens with one attached hydrogen (secondary N) is 2. The minimum absolute atomic E-state index is 0. The van der Waals surface area contributed by atoms with Crippen molar-refractivity contribution in [2.24, 2.45) is 5.92 Å². The van der Waals surface area contributed by atoms with Gasteiger partial charge in [0.15, 0.2) is 0 Å². The highest BCUT2D eigenvalue weighted by Crippen LogP contribution is 2.32. The first-order chi connectivity index (χ1) is 13.3. The number of alkyl halides is 3. The number of β-amino-alcohol motifs (C(OH)–C–C–N with tert-alkyl or cyclic N) is 1. The third-order valence-corrected chi connectivity index (χ3v) is 5.96. The van der Waals surface area contributed by atoms with Crippen molar-refractivity contribution in [1.82, 2.24) is 15.0 Å². The number of nitrogens with zero attached hydrogens (tertiary/aromatic N) is 1. The van der Waals surface area contributed by atoms with E-state index in [1.807, 2.05) is 13.8 Å². The maximum atomic E-state index is 12.8. The summed E-state index contributed by atoms with van der Waals surface area (Å²) in [7, 11) is -3.20. The van der Waals surface area contributed by atoms with Crippen LogP contribution in [0.3, 0.4) is 0 Å². The minimum atomic E-state index is -4.55. The number of aromatic nitrogens is 1. The molecular formula is C19H32Cl2F3N3O3S. The highest BCUT2D eigenvalue weighted by atomic mass is 35.5. The van der Waals surface area contributed by atoms with E-state index in [1.165, 1.54) is 12.1 Å². The van der Waals surface area contributed by atoms with Gasteiger partial charge in [-0.05, 0) is 64.0 Å². The first-order valence-corrected chi connectivity index (χ1v) is 11.6. The van der Waals surface area contributed by atoms with Crippen LogP contribution in [0.25, 0.3) is 0 Å². The van der Waals surface area contributed by atoms with Gasteiger partial charge in [-0.3, -0.25) is 0 Å². The van der Waals surface area contributed by atoms with Crippen LogP contribution in [-0.2, 0) is 16.2 Å². The van der Waals surface area contributed by atoms with Crippen molar-refractivity contribution in [3.05, 3.63) is 29.6 Å². The van der Waals surface area contributed by atoms with Crippen LogP contribution in [-0.4, -0.2) is 42.9 Å². The third-order valence-electron chi connectivity index (χ3n) is 5.20. The van der Waals surface area contributed by atoms with Gasteiger partial charge < -0.3 is 10.4 Å². The highest BCUT2D eigenvalue weighted by molar-refractivity contribution is 7.88. The second kappa shape index (κ2) is 12.0. The molecule has 1 aromatic heterocycles. The minimum Gasteiger partial charge on any atom is -0.385 e. The Hall–Kier alpha value is -0.650. The number of rotatable bonds is 8. The Labute approximate surface area is 194 Å². The van der Waals surface area contributed by atoms with E-state index in [0.29, 0.717) is 5.92 Å². The van der Waals surface area contributed by atoms with Crippen LogP contribution < -0.4 is 10.0 Å². The first-order valence-electron chi connectivity index (χ1n) is 9.70. The maximum Gasteiger partial charge on any atom is 0.433 e. The van der Waals surface area contributed by atoms with Gasteiger partial charge >= 0.3 is 6.18 Å². The molecule has 0 aromatic carbocycles. The molecule has 2 rings (SSSR count). The quantitative estimate of drug-likeness (QED) is 0.495. The van der Waals surface area contributed by atoms with Gasteiger partial charge in [0, 0.05) is 18.1 Å². The summed E-state index contributed by atoms with van der Waals surface area (Å²) >= 11 is 0. The smallest absolute Gasteiger partial charge is 0.385 e. The van der Waals surface area contributed by atoms with Crippen molar-refractivity contribution in [3.63, 3.8) is 0 Å². The Kier molecular flexibility index (Phi) is 11.7. The molecule has 182 valence electrons. The SMILES string of the molecule is CC(C)(CC1CCC(NS(C)(=O)=O)CC1)NC[C@H](O)c1cccc(C(F)(F)F)n1.Cl.Cl. The van der Waals surface area contributed by atoms with Crippen LogP contribution >= 0.6 is 24.8 Å². The molecule has 0 bridgehead atoms. The fourth-order valence-electron chi connectivity index (χ4n) is 3.85. The predicted octanol–water partition coefficient (Wildman–Crippen LogP) is 3.84. The molecule has 1 saturated carbocycles. The molecule has 12 heteroatoms. The lowest BCUT2D eigenvalue weighted by Crippen LogP contribution is -2.44. The zero-order valence-corrected chi connectivity index (χ0v) is 20.2. The van der Waals surface area contributed by atoms with Crippen molar-refractivity contribution in [2.75, 3.05) is 12.8 Å². The van der Waals surface area contributed by atoms with E-state index in [-0.39, 0.29) is 48.6 Å². The number of halogens is 5. The molecule has 0 unspecified atom stereocenters. The van der Waals surface area contributed by atoms with Crippen LogP contribution in [0.15, 0.2) is 18.2 Å². The zero-order chi connectivity index (χ0) is 21.9.